The zero-order valence-corrected chi connectivity index (χ0v) is 11.3. The van der Waals surface area contributed by atoms with Crippen molar-refractivity contribution >= 4 is 5.91 Å². The highest BCUT2D eigenvalue weighted by Gasteiger charge is 2.25. The minimum atomic E-state index is -0.360. The Balaban J connectivity index is 1.71. The second-order valence-electron chi connectivity index (χ2n) is 5.47. The molecule has 0 aliphatic carbocycles. The van der Waals surface area contributed by atoms with Crippen LogP contribution in [-0.2, 0) is 9.53 Å². The Bertz CT molecular complexity index is 269. The molecule has 0 radical (unpaired) electrons. The van der Waals surface area contributed by atoms with E-state index >= 15 is 0 Å². The van der Waals surface area contributed by atoms with Gasteiger partial charge in [0, 0.05) is 32.7 Å². The van der Waals surface area contributed by atoms with E-state index < -0.39 is 0 Å². The van der Waals surface area contributed by atoms with Crippen molar-refractivity contribution in [1.82, 2.24) is 9.80 Å². The van der Waals surface area contributed by atoms with Crippen molar-refractivity contribution in [3.63, 3.8) is 0 Å². The highest BCUT2D eigenvalue weighted by molar-refractivity contribution is 5.81. The summed E-state index contributed by atoms with van der Waals surface area (Å²) in [5.41, 5.74) is 5.64. The van der Waals surface area contributed by atoms with Crippen LogP contribution >= 0.6 is 0 Å². The second-order valence-corrected chi connectivity index (χ2v) is 5.47. The molecule has 2 saturated heterocycles. The molecule has 2 N–H and O–H groups in total. The predicted octanol–water partition coefficient (Wildman–Crippen LogP) is -0.0956. The molecule has 104 valence electrons. The maximum atomic E-state index is 11.8. The van der Waals surface area contributed by atoms with Crippen LogP contribution in [0.1, 0.15) is 19.8 Å². The van der Waals surface area contributed by atoms with Gasteiger partial charge in [-0.2, -0.15) is 0 Å². The van der Waals surface area contributed by atoms with Crippen LogP contribution in [0, 0.1) is 5.92 Å². The van der Waals surface area contributed by atoms with Crippen molar-refractivity contribution in [1.29, 1.82) is 0 Å². The predicted molar refractivity (Wildman–Crippen MR) is 70.2 cm³/mol. The average Bonchev–Trinajstić information content (AvgIpc) is 2.40. The zero-order valence-electron chi connectivity index (χ0n) is 11.3. The minimum absolute atomic E-state index is 0.0971. The van der Waals surface area contributed by atoms with Crippen LogP contribution in [-0.4, -0.2) is 67.7 Å². The van der Waals surface area contributed by atoms with Gasteiger partial charge in [0.25, 0.3) is 0 Å². The molecule has 2 rings (SSSR count). The first-order valence-electron chi connectivity index (χ1n) is 7.01. The fourth-order valence-electron chi connectivity index (χ4n) is 2.77. The van der Waals surface area contributed by atoms with E-state index in [0.717, 1.165) is 64.7 Å². The van der Waals surface area contributed by atoms with Gasteiger partial charge in [0.15, 0.2) is 0 Å². The van der Waals surface area contributed by atoms with Gasteiger partial charge in [0.05, 0.1) is 19.3 Å². The molecule has 2 aliphatic rings. The summed E-state index contributed by atoms with van der Waals surface area (Å²) in [6, 6.07) is -0.360. The summed E-state index contributed by atoms with van der Waals surface area (Å²) in [6.45, 7) is 8.50. The number of carbonyl (C=O) groups excluding carboxylic acids is 1. The second kappa shape index (κ2) is 6.50. The van der Waals surface area contributed by atoms with Gasteiger partial charge in [-0.3, -0.25) is 9.69 Å². The Labute approximate surface area is 109 Å². The number of rotatable bonds is 3. The fraction of sp³-hybridized carbons (Fsp3) is 0.923. The third-order valence-electron chi connectivity index (χ3n) is 3.94. The van der Waals surface area contributed by atoms with Crippen LogP contribution in [0.15, 0.2) is 0 Å². The summed E-state index contributed by atoms with van der Waals surface area (Å²) in [6.07, 6.45) is 2.21. The Morgan fingerprint density at radius 3 is 2.44 bits per heavy atom. The Hall–Kier alpha value is -0.650. The summed E-state index contributed by atoms with van der Waals surface area (Å²) in [7, 11) is 0. The van der Waals surface area contributed by atoms with Crippen molar-refractivity contribution < 1.29 is 9.53 Å². The molecule has 0 spiro atoms. The molecular formula is C13H25N3O2. The van der Waals surface area contributed by atoms with Crippen LogP contribution in [0.25, 0.3) is 0 Å². The molecule has 1 unspecified atom stereocenters. The molecule has 0 saturated carbocycles. The monoisotopic (exact) mass is 255 g/mol. The van der Waals surface area contributed by atoms with E-state index in [1.165, 1.54) is 0 Å². The van der Waals surface area contributed by atoms with Gasteiger partial charge in [0.2, 0.25) is 5.91 Å². The number of hydrogen-bond donors (Lipinski definition) is 1. The summed E-state index contributed by atoms with van der Waals surface area (Å²) in [5, 5.41) is 0. The van der Waals surface area contributed by atoms with Crippen LogP contribution in [0.2, 0.25) is 0 Å². The van der Waals surface area contributed by atoms with E-state index in [0.29, 0.717) is 0 Å². The largest absolute Gasteiger partial charge is 0.379 e. The van der Waals surface area contributed by atoms with Gasteiger partial charge >= 0.3 is 0 Å². The van der Waals surface area contributed by atoms with E-state index in [1.807, 2.05) is 4.90 Å². The summed E-state index contributed by atoms with van der Waals surface area (Å²) in [4.78, 5) is 16.2. The molecule has 5 nitrogen and oxygen atoms in total. The first kappa shape index (κ1) is 13.8. The molecule has 2 aliphatic heterocycles. The van der Waals surface area contributed by atoms with Crippen molar-refractivity contribution in [2.45, 2.75) is 25.8 Å². The summed E-state index contributed by atoms with van der Waals surface area (Å²) < 4.78 is 5.36. The molecule has 1 amide bonds. The van der Waals surface area contributed by atoms with Crippen molar-refractivity contribution in [2.24, 2.45) is 11.7 Å². The van der Waals surface area contributed by atoms with Crippen LogP contribution in [0.5, 0.6) is 0 Å². The fourth-order valence-corrected chi connectivity index (χ4v) is 2.77. The summed E-state index contributed by atoms with van der Waals surface area (Å²) in [5.74, 6) is 0.819. The molecule has 0 bridgehead atoms. The van der Waals surface area contributed by atoms with Crippen LogP contribution in [0.4, 0.5) is 0 Å². The molecule has 2 fully saturated rings. The van der Waals surface area contributed by atoms with E-state index in [-0.39, 0.29) is 11.9 Å². The van der Waals surface area contributed by atoms with Crippen molar-refractivity contribution in [3.05, 3.63) is 0 Å². The van der Waals surface area contributed by atoms with E-state index in [4.69, 9.17) is 10.5 Å². The van der Waals surface area contributed by atoms with Gasteiger partial charge in [0.1, 0.15) is 0 Å². The Morgan fingerprint density at radius 1 is 1.28 bits per heavy atom. The smallest absolute Gasteiger partial charge is 0.239 e. The number of nitrogens with zero attached hydrogens (tertiary/aromatic N) is 2. The number of amides is 1. The molecule has 5 heteroatoms. The Morgan fingerprint density at radius 2 is 1.89 bits per heavy atom. The maximum Gasteiger partial charge on any atom is 0.239 e. The first-order chi connectivity index (χ1) is 8.66. The number of carbonyl (C=O) groups is 1. The number of likely N-dealkylation sites (tertiary alicyclic amines) is 1. The molecule has 0 aromatic heterocycles. The number of nitrogens with two attached hydrogens (primary N) is 1. The van der Waals surface area contributed by atoms with Gasteiger partial charge in [-0.1, -0.05) is 0 Å². The highest BCUT2D eigenvalue weighted by Crippen LogP contribution is 2.19. The van der Waals surface area contributed by atoms with E-state index in [9.17, 15) is 4.79 Å². The highest BCUT2D eigenvalue weighted by atomic mass is 16.5. The van der Waals surface area contributed by atoms with E-state index in [1.54, 1.807) is 6.92 Å². The first-order valence-corrected chi connectivity index (χ1v) is 7.01. The average molecular weight is 255 g/mol. The number of hydrogen-bond acceptors (Lipinski definition) is 4. The third kappa shape index (κ3) is 3.67. The normalized spacial score (nSPS) is 25.1. The third-order valence-corrected chi connectivity index (χ3v) is 3.94. The van der Waals surface area contributed by atoms with Crippen molar-refractivity contribution in [3.8, 4) is 0 Å². The van der Waals surface area contributed by atoms with E-state index in [2.05, 4.69) is 4.90 Å². The molecule has 2 heterocycles. The maximum absolute atomic E-state index is 11.8. The molecule has 0 aromatic rings. The standard InChI is InChI=1S/C13H25N3O2/c1-11(14)13(17)16-4-2-12(3-5-16)10-15-6-8-18-9-7-15/h11-12H,2-10,14H2,1H3. The summed E-state index contributed by atoms with van der Waals surface area (Å²) >= 11 is 0. The quantitative estimate of drug-likeness (QED) is 0.765. The van der Waals surface area contributed by atoms with Gasteiger partial charge in [-0.25, -0.2) is 0 Å². The van der Waals surface area contributed by atoms with Crippen molar-refractivity contribution in [2.75, 3.05) is 45.9 Å². The van der Waals surface area contributed by atoms with Gasteiger partial charge in [-0.05, 0) is 25.7 Å². The minimum Gasteiger partial charge on any atom is -0.379 e. The lowest BCUT2D eigenvalue weighted by molar-refractivity contribution is -0.133. The molecular weight excluding hydrogens is 230 g/mol. The van der Waals surface area contributed by atoms with Gasteiger partial charge in [-0.15, -0.1) is 0 Å². The Kier molecular flexibility index (Phi) is 4.97. The van der Waals surface area contributed by atoms with Crippen LogP contribution < -0.4 is 5.73 Å². The number of piperidine rings is 1. The number of morpholine rings is 1. The molecule has 18 heavy (non-hydrogen) atoms. The molecule has 1 atom stereocenters. The van der Waals surface area contributed by atoms with Crippen LogP contribution in [0.3, 0.4) is 0 Å². The van der Waals surface area contributed by atoms with Gasteiger partial charge < -0.3 is 15.4 Å². The number of ether oxygens (including phenoxy) is 1. The SMILES string of the molecule is CC(N)C(=O)N1CCC(CN2CCOCC2)CC1. The lowest BCUT2D eigenvalue weighted by Crippen LogP contribution is -2.48. The topological polar surface area (TPSA) is 58.8 Å². The zero-order chi connectivity index (χ0) is 13.0. The lowest BCUT2D eigenvalue weighted by Gasteiger charge is -2.36. The molecule has 0 aromatic carbocycles. The lowest BCUT2D eigenvalue weighted by atomic mass is 9.95.